The van der Waals surface area contributed by atoms with Crippen LogP contribution >= 0.6 is 24.0 Å². The number of benzene rings is 3. The molecule has 3 aromatic rings. The van der Waals surface area contributed by atoms with Crippen molar-refractivity contribution in [3.05, 3.63) is 58.6 Å². The van der Waals surface area contributed by atoms with E-state index in [1.165, 1.54) is 5.56 Å². The van der Waals surface area contributed by atoms with Crippen LogP contribution in [0.3, 0.4) is 0 Å². The molecule has 0 aliphatic rings. The maximum Gasteiger partial charge on any atom is 0.0633 e. The van der Waals surface area contributed by atoms with Crippen LogP contribution in [0.5, 0.6) is 0 Å². The first-order valence-electron chi connectivity index (χ1n) is 9.30. The van der Waals surface area contributed by atoms with E-state index in [4.69, 9.17) is 11.6 Å². The van der Waals surface area contributed by atoms with Gasteiger partial charge in [-0.1, -0.05) is 74.8 Å². The number of aliphatic hydroxyl groups excluding tert-OH is 2. The summed E-state index contributed by atoms with van der Waals surface area (Å²) in [5, 5.41) is 27.6. The standard InChI is InChI=1S/C23H28ClNO2.ClH/c1-22(2,3)15-9-10-18-19(11-15)20(12-25-23(4,13-26)14-27)16-7-5-6-8-17(16)21(18)24;/h5-11,25-27H,12-14H2,1-4H3;1H. The highest BCUT2D eigenvalue weighted by Gasteiger charge is 2.23. The third kappa shape index (κ3) is 4.29. The predicted molar refractivity (Wildman–Crippen MR) is 122 cm³/mol. The van der Waals surface area contributed by atoms with Crippen LogP contribution in [0.2, 0.25) is 5.02 Å². The Bertz CT molecular complexity index is 976. The van der Waals surface area contributed by atoms with Crippen LogP contribution in [-0.2, 0) is 12.0 Å². The van der Waals surface area contributed by atoms with Gasteiger partial charge in [-0.05, 0) is 34.2 Å². The Kier molecular flexibility index (Phi) is 7.01. The molecule has 3 rings (SSSR count). The van der Waals surface area contributed by atoms with Crippen molar-refractivity contribution >= 4 is 45.6 Å². The lowest BCUT2D eigenvalue weighted by molar-refractivity contribution is 0.103. The zero-order valence-electron chi connectivity index (χ0n) is 16.8. The molecular formula is C23H29Cl2NO2. The lowest BCUT2D eigenvalue weighted by Gasteiger charge is -2.27. The van der Waals surface area contributed by atoms with Crippen LogP contribution in [0.15, 0.2) is 42.5 Å². The molecule has 0 aromatic heterocycles. The molecule has 0 aliphatic heterocycles. The summed E-state index contributed by atoms with van der Waals surface area (Å²) < 4.78 is 0. The molecule has 0 radical (unpaired) electrons. The third-order valence-electron chi connectivity index (χ3n) is 5.33. The number of hydrogen-bond acceptors (Lipinski definition) is 3. The number of rotatable bonds is 5. The first kappa shape index (κ1) is 22.9. The second kappa shape index (κ2) is 8.56. The largest absolute Gasteiger partial charge is 0.394 e. The normalized spacial score (nSPS) is 12.4. The summed E-state index contributed by atoms with van der Waals surface area (Å²) >= 11 is 6.76. The minimum atomic E-state index is -0.741. The molecule has 0 spiro atoms. The Morgan fingerprint density at radius 3 is 2.00 bits per heavy atom. The van der Waals surface area contributed by atoms with Gasteiger partial charge in [0.15, 0.2) is 0 Å². The molecule has 0 heterocycles. The van der Waals surface area contributed by atoms with Gasteiger partial charge < -0.3 is 15.5 Å². The monoisotopic (exact) mass is 421 g/mol. The first-order chi connectivity index (χ1) is 12.7. The average Bonchev–Trinajstić information content (AvgIpc) is 2.66. The second-order valence-corrected chi connectivity index (χ2v) is 8.96. The lowest BCUT2D eigenvalue weighted by atomic mass is 9.84. The molecular weight excluding hydrogens is 393 g/mol. The van der Waals surface area contributed by atoms with Crippen molar-refractivity contribution in [2.45, 2.75) is 45.2 Å². The predicted octanol–water partition coefficient (Wildman–Crippen LogP) is 5.20. The van der Waals surface area contributed by atoms with Crippen molar-refractivity contribution in [3.8, 4) is 0 Å². The number of fused-ring (bicyclic) bond motifs is 2. The Morgan fingerprint density at radius 1 is 0.857 bits per heavy atom. The fourth-order valence-electron chi connectivity index (χ4n) is 3.33. The molecule has 3 aromatic carbocycles. The van der Waals surface area contributed by atoms with Gasteiger partial charge in [0.05, 0.1) is 23.8 Å². The van der Waals surface area contributed by atoms with Crippen molar-refractivity contribution in [2.24, 2.45) is 0 Å². The highest BCUT2D eigenvalue weighted by molar-refractivity contribution is 6.41. The van der Waals surface area contributed by atoms with E-state index < -0.39 is 5.54 Å². The number of hydrogen-bond donors (Lipinski definition) is 3. The molecule has 3 N–H and O–H groups in total. The van der Waals surface area contributed by atoms with Crippen LogP contribution in [0.1, 0.15) is 38.8 Å². The number of aliphatic hydroxyl groups is 2. The van der Waals surface area contributed by atoms with Gasteiger partial charge in [0.1, 0.15) is 0 Å². The van der Waals surface area contributed by atoms with Gasteiger partial charge >= 0.3 is 0 Å². The molecule has 0 bridgehead atoms. The van der Waals surface area contributed by atoms with E-state index >= 15 is 0 Å². The van der Waals surface area contributed by atoms with E-state index in [1.807, 2.05) is 25.1 Å². The van der Waals surface area contributed by atoms with Crippen molar-refractivity contribution in [1.29, 1.82) is 0 Å². The first-order valence-corrected chi connectivity index (χ1v) is 9.68. The maximum atomic E-state index is 9.64. The van der Waals surface area contributed by atoms with Crippen molar-refractivity contribution in [3.63, 3.8) is 0 Å². The van der Waals surface area contributed by atoms with Crippen LogP contribution in [-0.4, -0.2) is 29.0 Å². The minimum Gasteiger partial charge on any atom is -0.394 e. The highest BCUT2D eigenvalue weighted by atomic mass is 35.5. The average molecular weight is 422 g/mol. The molecule has 0 fully saturated rings. The van der Waals surface area contributed by atoms with Crippen molar-refractivity contribution < 1.29 is 10.2 Å². The van der Waals surface area contributed by atoms with E-state index in [2.05, 4.69) is 50.4 Å². The van der Waals surface area contributed by atoms with Gasteiger partial charge in [-0.3, -0.25) is 0 Å². The summed E-state index contributed by atoms with van der Waals surface area (Å²) in [6.45, 7) is 8.66. The molecule has 0 saturated heterocycles. The summed E-state index contributed by atoms with van der Waals surface area (Å²) in [5.41, 5.74) is 1.66. The molecule has 3 nitrogen and oxygen atoms in total. The van der Waals surface area contributed by atoms with E-state index in [9.17, 15) is 10.2 Å². The summed E-state index contributed by atoms with van der Waals surface area (Å²) in [6.07, 6.45) is 0. The van der Waals surface area contributed by atoms with Crippen molar-refractivity contribution in [1.82, 2.24) is 5.32 Å². The Morgan fingerprint density at radius 2 is 1.43 bits per heavy atom. The van der Waals surface area contributed by atoms with Crippen LogP contribution in [0.4, 0.5) is 0 Å². The summed E-state index contributed by atoms with van der Waals surface area (Å²) in [7, 11) is 0. The van der Waals surface area contributed by atoms with E-state index in [0.29, 0.717) is 6.54 Å². The molecule has 0 saturated carbocycles. The molecule has 0 unspecified atom stereocenters. The Balaban J connectivity index is 0.00000280. The molecule has 0 aliphatic carbocycles. The second-order valence-electron chi connectivity index (χ2n) is 8.58. The summed E-state index contributed by atoms with van der Waals surface area (Å²) in [6, 6.07) is 14.6. The van der Waals surface area contributed by atoms with Gasteiger partial charge in [0, 0.05) is 17.3 Å². The fourth-order valence-corrected chi connectivity index (χ4v) is 3.66. The van der Waals surface area contributed by atoms with E-state index in [-0.39, 0.29) is 31.0 Å². The van der Waals surface area contributed by atoms with Crippen LogP contribution in [0.25, 0.3) is 21.5 Å². The van der Waals surface area contributed by atoms with Gasteiger partial charge in [0.25, 0.3) is 0 Å². The number of nitrogens with one attached hydrogen (secondary N) is 1. The van der Waals surface area contributed by atoms with Gasteiger partial charge in [-0.15, -0.1) is 12.4 Å². The van der Waals surface area contributed by atoms with Crippen LogP contribution < -0.4 is 5.32 Å². The highest BCUT2D eigenvalue weighted by Crippen LogP contribution is 2.38. The molecule has 0 atom stereocenters. The molecule has 28 heavy (non-hydrogen) atoms. The van der Waals surface area contributed by atoms with Crippen LogP contribution in [0, 0.1) is 0 Å². The van der Waals surface area contributed by atoms with Gasteiger partial charge in [-0.25, -0.2) is 0 Å². The quantitative estimate of drug-likeness (QED) is 0.496. The summed E-state index contributed by atoms with van der Waals surface area (Å²) in [4.78, 5) is 0. The van der Waals surface area contributed by atoms with Gasteiger partial charge in [-0.2, -0.15) is 0 Å². The fraction of sp³-hybridized carbons (Fsp3) is 0.391. The zero-order chi connectivity index (χ0) is 19.8. The van der Waals surface area contributed by atoms with Crippen molar-refractivity contribution in [2.75, 3.05) is 13.2 Å². The smallest absolute Gasteiger partial charge is 0.0633 e. The topological polar surface area (TPSA) is 52.5 Å². The molecule has 5 heteroatoms. The Labute approximate surface area is 178 Å². The molecule has 0 amide bonds. The lowest BCUT2D eigenvalue weighted by Crippen LogP contribution is -2.48. The maximum absolute atomic E-state index is 9.64. The minimum absolute atomic E-state index is 0. The zero-order valence-corrected chi connectivity index (χ0v) is 18.4. The number of halogens is 2. The third-order valence-corrected chi connectivity index (χ3v) is 5.73. The van der Waals surface area contributed by atoms with E-state index in [0.717, 1.165) is 32.1 Å². The van der Waals surface area contributed by atoms with Gasteiger partial charge in [0.2, 0.25) is 0 Å². The Hall–Kier alpha value is -1.36. The molecule has 152 valence electrons. The van der Waals surface area contributed by atoms with E-state index in [1.54, 1.807) is 0 Å². The SMILES string of the molecule is CC(CO)(CO)NCc1c2ccccc2c(Cl)c2ccc(C(C)(C)C)cc12.Cl. The summed E-state index contributed by atoms with van der Waals surface area (Å²) in [5.74, 6) is 0.